The molecule has 0 amide bonds. The zero-order valence-corrected chi connectivity index (χ0v) is 7.76. The normalized spacial score (nSPS) is 10.5. The van der Waals surface area contributed by atoms with Crippen LogP contribution in [0.4, 0.5) is 5.82 Å². The predicted molar refractivity (Wildman–Crippen MR) is 52.7 cm³/mol. The van der Waals surface area contributed by atoms with Gasteiger partial charge in [-0.05, 0) is 33.2 Å². The summed E-state index contributed by atoms with van der Waals surface area (Å²) in [5, 5.41) is 19.0. The predicted octanol–water partition coefficient (Wildman–Crippen LogP) is 1.01. The van der Waals surface area contributed by atoms with Crippen LogP contribution in [0.3, 0.4) is 0 Å². The second-order valence-corrected chi connectivity index (χ2v) is 2.90. The molecule has 0 atom stereocenters. The summed E-state index contributed by atoms with van der Waals surface area (Å²) in [5.74, 6) is 0.199. The minimum atomic E-state index is 0.199. The van der Waals surface area contributed by atoms with Crippen molar-refractivity contribution in [1.29, 1.82) is 0 Å². The van der Waals surface area contributed by atoms with E-state index in [-0.39, 0.29) is 5.82 Å². The summed E-state index contributed by atoms with van der Waals surface area (Å²) in [5.41, 5.74) is 9.41. The van der Waals surface area contributed by atoms with Gasteiger partial charge in [-0.15, -0.1) is 14.8 Å². The maximum absolute atomic E-state index is 8.44. The van der Waals surface area contributed by atoms with Crippen LogP contribution in [0.25, 0.3) is 27.0 Å². The largest absolute Gasteiger partial charge is 0.252 e. The number of nitrogens with zero attached hydrogens (tertiary/aromatic N) is 9. The third-order valence-electron chi connectivity index (χ3n) is 2.04. The summed E-state index contributed by atoms with van der Waals surface area (Å²) in [4.78, 5) is 6.84. The summed E-state index contributed by atoms with van der Waals surface area (Å²) in [6.07, 6.45) is 1.61. The number of fused-ring (bicyclic) bond motifs is 3. The highest BCUT2D eigenvalue weighted by atomic mass is 15.6. The molecule has 0 aliphatic rings. The Labute approximate surface area is 87.3 Å². The maximum atomic E-state index is 8.44. The van der Waals surface area contributed by atoms with Crippen molar-refractivity contribution in [3.05, 3.63) is 28.8 Å². The van der Waals surface area contributed by atoms with Gasteiger partial charge >= 0.3 is 0 Å². The van der Waals surface area contributed by atoms with Crippen LogP contribution in [0.2, 0.25) is 0 Å². The fourth-order valence-electron chi connectivity index (χ4n) is 1.42. The van der Waals surface area contributed by atoms with Crippen LogP contribution in [-0.4, -0.2) is 30.2 Å². The Balaban J connectivity index is 2.59. The number of hydrogen-bond acceptors (Lipinski definition) is 6. The molecule has 0 aromatic carbocycles. The molecule has 0 spiro atoms. The first kappa shape index (κ1) is 8.50. The van der Waals surface area contributed by atoms with Gasteiger partial charge in [0.15, 0.2) is 5.82 Å². The standard InChI is InChI=1S/C7H3N9/c8-13-10-6-4-2-1-3-9-5(4)7-11-14-15-16(7)12-6/h1-3H. The van der Waals surface area contributed by atoms with Gasteiger partial charge in [0.05, 0.1) is 0 Å². The number of pyridine rings is 1. The highest BCUT2D eigenvalue weighted by Gasteiger charge is 2.10. The quantitative estimate of drug-likeness (QED) is 0.339. The molecule has 3 aromatic rings. The minimum Gasteiger partial charge on any atom is -0.252 e. The molecule has 3 aromatic heterocycles. The lowest BCUT2D eigenvalue weighted by Crippen LogP contribution is -1.96. The van der Waals surface area contributed by atoms with Gasteiger partial charge in [0.25, 0.3) is 0 Å². The summed E-state index contributed by atoms with van der Waals surface area (Å²) in [7, 11) is 0. The lowest BCUT2D eigenvalue weighted by atomic mass is 10.3. The SMILES string of the molecule is [N-]=[N+]=Nc1nn2nnnc2c2ncccc12. The third kappa shape index (κ3) is 1.06. The summed E-state index contributed by atoms with van der Waals surface area (Å²) in [6.45, 7) is 0. The van der Waals surface area contributed by atoms with Gasteiger partial charge in [-0.25, -0.2) is 0 Å². The van der Waals surface area contributed by atoms with E-state index < -0.39 is 0 Å². The van der Waals surface area contributed by atoms with E-state index in [0.717, 1.165) is 0 Å². The molecule has 0 N–H and O–H groups in total. The first-order valence-corrected chi connectivity index (χ1v) is 4.28. The zero-order valence-electron chi connectivity index (χ0n) is 7.76. The minimum absolute atomic E-state index is 0.199. The molecule has 3 rings (SSSR count). The maximum Gasteiger partial charge on any atom is 0.226 e. The van der Waals surface area contributed by atoms with E-state index in [1.807, 2.05) is 0 Å². The average molecular weight is 213 g/mol. The van der Waals surface area contributed by atoms with Gasteiger partial charge in [0, 0.05) is 16.5 Å². The highest BCUT2D eigenvalue weighted by Crippen LogP contribution is 2.23. The molecule has 0 unspecified atom stereocenters. The molecule has 9 nitrogen and oxygen atoms in total. The van der Waals surface area contributed by atoms with Crippen molar-refractivity contribution in [2.75, 3.05) is 0 Å². The van der Waals surface area contributed by atoms with Crippen LogP contribution in [-0.2, 0) is 0 Å². The summed E-state index contributed by atoms with van der Waals surface area (Å²) in [6, 6.07) is 3.47. The Bertz CT molecular complexity index is 723. The van der Waals surface area contributed by atoms with E-state index in [1.54, 1.807) is 18.3 Å². The molecular formula is C7H3N9. The Hall–Kier alpha value is -2.80. The Morgan fingerprint density at radius 2 is 2.38 bits per heavy atom. The van der Waals surface area contributed by atoms with Crippen LogP contribution < -0.4 is 0 Å². The molecular weight excluding hydrogens is 210 g/mol. The fourth-order valence-corrected chi connectivity index (χ4v) is 1.42. The van der Waals surface area contributed by atoms with Crippen molar-refractivity contribution in [2.45, 2.75) is 0 Å². The van der Waals surface area contributed by atoms with Gasteiger partial charge in [0.2, 0.25) is 5.65 Å². The molecule has 9 heteroatoms. The van der Waals surface area contributed by atoms with Crippen LogP contribution in [0.15, 0.2) is 23.4 Å². The van der Waals surface area contributed by atoms with Crippen molar-refractivity contribution < 1.29 is 0 Å². The van der Waals surface area contributed by atoms with Crippen molar-refractivity contribution in [2.24, 2.45) is 5.11 Å². The van der Waals surface area contributed by atoms with E-state index in [1.165, 1.54) is 4.63 Å². The molecule has 0 aliphatic heterocycles. The number of azide groups is 1. The van der Waals surface area contributed by atoms with Crippen molar-refractivity contribution in [3.63, 3.8) is 0 Å². The first-order chi connectivity index (χ1) is 7.90. The van der Waals surface area contributed by atoms with E-state index in [2.05, 4.69) is 35.6 Å². The topological polar surface area (TPSA) is 118 Å². The van der Waals surface area contributed by atoms with Gasteiger partial charge in [-0.2, -0.15) is 0 Å². The van der Waals surface area contributed by atoms with E-state index >= 15 is 0 Å². The monoisotopic (exact) mass is 213 g/mol. The summed E-state index contributed by atoms with van der Waals surface area (Å²) < 4.78 is 1.18. The van der Waals surface area contributed by atoms with Crippen LogP contribution >= 0.6 is 0 Å². The molecule has 76 valence electrons. The van der Waals surface area contributed by atoms with E-state index in [9.17, 15) is 0 Å². The van der Waals surface area contributed by atoms with Crippen LogP contribution in [0.1, 0.15) is 0 Å². The van der Waals surface area contributed by atoms with Crippen molar-refractivity contribution >= 4 is 22.4 Å². The van der Waals surface area contributed by atoms with Gasteiger partial charge in [0.1, 0.15) is 5.52 Å². The highest BCUT2D eigenvalue weighted by molar-refractivity contribution is 5.95. The Morgan fingerprint density at radius 1 is 1.44 bits per heavy atom. The van der Waals surface area contributed by atoms with E-state index in [4.69, 9.17) is 5.53 Å². The van der Waals surface area contributed by atoms with Gasteiger partial charge < -0.3 is 0 Å². The van der Waals surface area contributed by atoms with Crippen LogP contribution in [0.5, 0.6) is 0 Å². The molecule has 3 heterocycles. The van der Waals surface area contributed by atoms with Gasteiger partial charge in [-0.3, -0.25) is 4.98 Å². The van der Waals surface area contributed by atoms with Gasteiger partial charge in [-0.1, -0.05) is 0 Å². The molecule has 0 saturated heterocycles. The van der Waals surface area contributed by atoms with Crippen LogP contribution in [0, 0.1) is 0 Å². The van der Waals surface area contributed by atoms with E-state index in [0.29, 0.717) is 16.6 Å². The Kier molecular flexibility index (Phi) is 1.65. The molecule has 0 aliphatic carbocycles. The molecule has 0 bridgehead atoms. The lowest BCUT2D eigenvalue weighted by molar-refractivity contribution is 0.736. The molecule has 0 radical (unpaired) electrons. The molecule has 0 saturated carbocycles. The number of rotatable bonds is 1. The number of hydrogen-bond donors (Lipinski definition) is 0. The Morgan fingerprint density at radius 3 is 3.25 bits per heavy atom. The second kappa shape index (κ2) is 3.11. The third-order valence-corrected chi connectivity index (χ3v) is 2.04. The zero-order chi connectivity index (χ0) is 11.0. The smallest absolute Gasteiger partial charge is 0.226 e. The fraction of sp³-hybridized carbons (Fsp3) is 0. The molecule has 0 fully saturated rings. The lowest BCUT2D eigenvalue weighted by Gasteiger charge is -1.99. The number of aromatic nitrogens is 6. The van der Waals surface area contributed by atoms with Crippen molar-refractivity contribution in [3.8, 4) is 0 Å². The number of tetrazole rings is 1. The second-order valence-electron chi connectivity index (χ2n) is 2.90. The first-order valence-electron chi connectivity index (χ1n) is 4.28. The summed E-state index contributed by atoms with van der Waals surface area (Å²) >= 11 is 0. The molecule has 16 heavy (non-hydrogen) atoms. The van der Waals surface area contributed by atoms with Crippen molar-refractivity contribution in [1.82, 2.24) is 30.2 Å². The average Bonchev–Trinajstić information content (AvgIpc) is 2.78.